The van der Waals surface area contributed by atoms with E-state index in [0.29, 0.717) is 0 Å². The number of nitrogens with one attached hydrogen (secondary N) is 4. The van der Waals surface area contributed by atoms with E-state index in [9.17, 15) is 38.4 Å². The van der Waals surface area contributed by atoms with E-state index >= 15 is 0 Å². The van der Waals surface area contributed by atoms with Gasteiger partial charge in [0.15, 0.2) is 12.5 Å². The third kappa shape index (κ3) is 7.87. The zero-order valence-electron chi connectivity index (χ0n) is 27.5. The van der Waals surface area contributed by atoms with Gasteiger partial charge in [-0.25, -0.2) is 24.0 Å². The predicted octanol–water partition coefficient (Wildman–Crippen LogP) is -1.15. The highest BCUT2D eigenvalue weighted by Gasteiger charge is 2.42. The van der Waals surface area contributed by atoms with Crippen LogP contribution in [-0.4, -0.2) is 77.9 Å². The lowest BCUT2D eigenvalue weighted by atomic mass is 10.1. The lowest BCUT2D eigenvalue weighted by molar-refractivity contribution is -0.0302. The molecule has 0 spiro atoms. The quantitative estimate of drug-likeness (QED) is 0.109. The number of hydrogen-bond donors (Lipinski definition) is 5. The molecule has 6 rings (SSSR count). The Hall–Kier alpha value is -4.53. The molecule has 1 saturated heterocycles. The van der Waals surface area contributed by atoms with Crippen LogP contribution in [0.1, 0.15) is 41.8 Å². The summed E-state index contributed by atoms with van der Waals surface area (Å²) in [6.07, 6.45) is 4.91. The van der Waals surface area contributed by atoms with Crippen LogP contribution in [0.5, 0.6) is 0 Å². The lowest BCUT2D eigenvalue weighted by Crippen LogP contribution is -2.38. The molecule has 20 nitrogen and oxygen atoms in total. The van der Waals surface area contributed by atoms with Crippen LogP contribution in [0.2, 0.25) is 0 Å². The summed E-state index contributed by atoms with van der Waals surface area (Å²) in [6.45, 7) is 3.34. The number of aliphatic hydroxyl groups is 1. The van der Waals surface area contributed by atoms with Gasteiger partial charge in [0.05, 0.1) is 32.0 Å². The highest BCUT2D eigenvalue weighted by molar-refractivity contribution is 7.51. The number of rotatable bonds is 12. The fourth-order valence-corrected chi connectivity index (χ4v) is 7.29. The maximum atomic E-state index is 14.4. The Morgan fingerprint density at radius 3 is 1.61 bits per heavy atom. The summed E-state index contributed by atoms with van der Waals surface area (Å²) in [5.74, 6) is 0. The van der Waals surface area contributed by atoms with Crippen LogP contribution in [-0.2, 0) is 27.8 Å². The number of H-pyrrole nitrogens is 3. The molecule has 21 heteroatoms. The molecule has 1 fully saturated rings. The van der Waals surface area contributed by atoms with Crippen LogP contribution in [0.15, 0.2) is 71.7 Å². The van der Waals surface area contributed by atoms with Crippen LogP contribution in [0.4, 0.5) is 0 Å². The van der Waals surface area contributed by atoms with Crippen molar-refractivity contribution < 1.29 is 32.9 Å². The minimum Gasteiger partial charge on any atom is -0.394 e. The van der Waals surface area contributed by atoms with E-state index < -0.39 is 91.1 Å². The largest absolute Gasteiger partial charge is 0.406 e. The molecular weight excluding hydrogens is 697 g/mol. The first-order chi connectivity index (χ1) is 24.2. The Morgan fingerprint density at radius 1 is 0.725 bits per heavy atom. The van der Waals surface area contributed by atoms with Crippen LogP contribution in [0, 0.1) is 20.8 Å². The number of ether oxygens (including phenoxy) is 3. The molecule has 0 bridgehead atoms. The maximum absolute atomic E-state index is 14.4. The van der Waals surface area contributed by atoms with Gasteiger partial charge in [0, 0.05) is 41.7 Å². The summed E-state index contributed by atoms with van der Waals surface area (Å²) in [6, 6.07) is -0.893. The van der Waals surface area contributed by atoms with Crippen molar-refractivity contribution in [3.8, 4) is 0 Å². The number of nitrogens with zero attached hydrogens (tertiary/aromatic N) is 3. The fraction of sp³-hybridized carbons (Fsp3) is 0.467. The second-order valence-corrected chi connectivity index (χ2v) is 14.0. The minimum atomic E-state index is -4.35. The van der Waals surface area contributed by atoms with Crippen molar-refractivity contribution in [2.45, 2.75) is 70.2 Å². The first-order valence-corrected chi connectivity index (χ1v) is 17.3. The van der Waals surface area contributed by atoms with Crippen LogP contribution in [0.3, 0.4) is 0 Å². The number of hydrogen-bond acceptors (Lipinski definition) is 13. The van der Waals surface area contributed by atoms with Gasteiger partial charge in [-0.15, -0.1) is 0 Å². The fourth-order valence-electron chi connectivity index (χ4n) is 5.70. The summed E-state index contributed by atoms with van der Waals surface area (Å²) in [4.78, 5) is 79.5. The summed E-state index contributed by atoms with van der Waals surface area (Å²) < 4.78 is 47.2. The molecule has 0 saturated carbocycles. The van der Waals surface area contributed by atoms with Gasteiger partial charge in [-0.1, -0.05) is 12.2 Å². The molecule has 51 heavy (non-hydrogen) atoms. The second-order valence-electron chi connectivity index (χ2n) is 12.2. The number of aromatic nitrogens is 6. The first-order valence-electron chi connectivity index (χ1n) is 15.8. The highest BCUT2D eigenvalue weighted by Crippen LogP contribution is 2.47. The van der Waals surface area contributed by atoms with E-state index in [1.807, 2.05) is 0 Å². The standard InChI is InChI=1S/C30H36N7O13P/c1-15-9-35(28(42)31-25(15)39)22-6-4-18(48-22)13-46-51(45,47-14-19-5-7-23(49-19)36-10-16(2)26(40)32-29(36)43)34-20-8-24(50-21(20)12-38)37-11-17(3)27(41)33-30(37)44/h4-7,9-11,18-24,38H,8,12-14H2,1-3H3,(H,34,45)(H,31,39,42)(H,32,40,43)(H,33,41,44)/t18-,19-,20-,21+,22+,23+,24+/m0/s1. The van der Waals surface area contributed by atoms with Crippen molar-refractivity contribution in [2.24, 2.45) is 0 Å². The summed E-state index contributed by atoms with van der Waals surface area (Å²) in [7, 11) is -4.35. The van der Waals surface area contributed by atoms with Crippen molar-refractivity contribution in [3.05, 3.63) is 122 Å². The average Bonchev–Trinajstić information content (AvgIpc) is 3.85. The van der Waals surface area contributed by atoms with Gasteiger partial charge in [-0.2, -0.15) is 0 Å². The van der Waals surface area contributed by atoms with E-state index in [4.69, 9.17) is 23.3 Å². The second kappa shape index (κ2) is 14.6. The Bertz CT molecular complexity index is 2160. The smallest absolute Gasteiger partial charge is 0.394 e. The molecule has 0 aliphatic carbocycles. The molecule has 274 valence electrons. The zero-order valence-corrected chi connectivity index (χ0v) is 28.4. The monoisotopic (exact) mass is 733 g/mol. The molecule has 0 amide bonds. The molecule has 3 aromatic heterocycles. The minimum absolute atomic E-state index is 0.0000924. The summed E-state index contributed by atoms with van der Waals surface area (Å²) >= 11 is 0. The Kier molecular flexibility index (Phi) is 10.4. The molecule has 3 aliphatic rings. The molecule has 0 aromatic carbocycles. The van der Waals surface area contributed by atoms with Gasteiger partial charge in [0.25, 0.3) is 16.7 Å². The van der Waals surface area contributed by atoms with Gasteiger partial charge in [-0.3, -0.25) is 52.1 Å². The molecule has 0 unspecified atom stereocenters. The van der Waals surface area contributed by atoms with Crippen molar-refractivity contribution in [1.29, 1.82) is 0 Å². The average molecular weight is 734 g/mol. The molecule has 0 radical (unpaired) electrons. The first kappa shape index (κ1) is 36.3. The molecule has 5 N–H and O–H groups in total. The van der Waals surface area contributed by atoms with Crippen LogP contribution in [0.25, 0.3) is 0 Å². The SMILES string of the molecule is Cc1cn([C@H]2C=C[C@@H](COP(=O)(N[C@H]3C[C@H](n4cc(C)c(=O)[nH]c4=O)O[C@@H]3CO)OC[C@@H]3C=C[C@H](n4cc(C)c(=O)[nH]c4=O)O3)O2)c(=O)[nH]c1=O. The van der Waals surface area contributed by atoms with Gasteiger partial charge in [0.2, 0.25) is 0 Å². The van der Waals surface area contributed by atoms with Crippen molar-refractivity contribution in [1.82, 2.24) is 33.7 Å². The van der Waals surface area contributed by atoms with Crippen molar-refractivity contribution >= 4 is 7.75 Å². The highest BCUT2D eigenvalue weighted by atomic mass is 31.2. The normalized spacial score (nSPS) is 26.0. The number of aliphatic hydroxyl groups excluding tert-OH is 1. The van der Waals surface area contributed by atoms with Gasteiger partial charge >= 0.3 is 24.8 Å². The number of aryl methyl sites for hydroxylation is 3. The van der Waals surface area contributed by atoms with E-state index in [1.54, 1.807) is 24.3 Å². The van der Waals surface area contributed by atoms with E-state index in [0.717, 1.165) is 4.57 Å². The lowest BCUT2D eigenvalue weighted by Gasteiger charge is -2.26. The zero-order chi connectivity index (χ0) is 36.6. The molecule has 7 atom stereocenters. The topological polar surface area (TPSA) is 260 Å². The third-order valence-corrected chi connectivity index (χ3v) is 10.1. The third-order valence-electron chi connectivity index (χ3n) is 8.46. The van der Waals surface area contributed by atoms with Gasteiger partial charge in [0.1, 0.15) is 18.4 Å². The Labute approximate surface area is 286 Å². The van der Waals surface area contributed by atoms with Crippen molar-refractivity contribution in [2.75, 3.05) is 19.8 Å². The summed E-state index contributed by atoms with van der Waals surface area (Å²) in [5, 5.41) is 12.9. The van der Waals surface area contributed by atoms with E-state index in [2.05, 4.69) is 20.0 Å². The van der Waals surface area contributed by atoms with E-state index in [-0.39, 0.29) is 36.3 Å². The van der Waals surface area contributed by atoms with Gasteiger partial charge in [-0.05, 0) is 32.9 Å². The number of aromatic amines is 3. The van der Waals surface area contributed by atoms with Crippen LogP contribution >= 0.6 is 7.75 Å². The molecule has 3 aromatic rings. The van der Waals surface area contributed by atoms with Crippen LogP contribution < -0.4 is 38.8 Å². The molecule has 6 heterocycles. The Morgan fingerprint density at radius 2 is 1.16 bits per heavy atom. The summed E-state index contributed by atoms with van der Waals surface area (Å²) in [5.41, 5.74) is -2.93. The molecular formula is C30H36N7O13P. The predicted molar refractivity (Wildman–Crippen MR) is 176 cm³/mol. The maximum Gasteiger partial charge on any atom is 0.406 e. The van der Waals surface area contributed by atoms with E-state index in [1.165, 1.54) is 48.5 Å². The van der Waals surface area contributed by atoms with Gasteiger partial charge < -0.3 is 19.3 Å². The van der Waals surface area contributed by atoms with Crippen molar-refractivity contribution in [3.63, 3.8) is 0 Å². The molecule has 3 aliphatic heterocycles. The Balaban J connectivity index is 1.18.